The van der Waals surface area contributed by atoms with E-state index in [0.717, 1.165) is 11.1 Å². The summed E-state index contributed by atoms with van der Waals surface area (Å²) in [4.78, 5) is 4.32. The summed E-state index contributed by atoms with van der Waals surface area (Å²) in [6.07, 6.45) is 0. The Balaban J connectivity index is 1.90. The quantitative estimate of drug-likeness (QED) is 0.537. The van der Waals surface area contributed by atoms with Crippen LogP contribution in [0.25, 0.3) is 0 Å². The Morgan fingerprint density at radius 1 is 1.04 bits per heavy atom. The Morgan fingerprint density at radius 3 is 2.24 bits per heavy atom. The fraction of sp³-hybridized carbons (Fsp3) is 0.235. The molecule has 2 aromatic carbocycles. The third kappa shape index (κ3) is 5.54. The van der Waals surface area contributed by atoms with Crippen molar-refractivity contribution < 1.29 is 12.8 Å². The van der Waals surface area contributed by atoms with E-state index in [4.69, 9.17) is 0 Å². The molecule has 6 nitrogen and oxygen atoms in total. The first-order valence-electron chi connectivity index (χ1n) is 7.66. The largest absolute Gasteiger partial charge is 0.352 e. The molecular formula is C17H21FN4O2S. The second-order valence-corrected chi connectivity index (χ2v) is 7.15. The maximum absolute atomic E-state index is 13.2. The summed E-state index contributed by atoms with van der Waals surface area (Å²) in [5.41, 5.74) is 1.72. The van der Waals surface area contributed by atoms with Crippen molar-refractivity contribution in [1.29, 1.82) is 0 Å². The van der Waals surface area contributed by atoms with Crippen molar-refractivity contribution in [2.24, 2.45) is 4.99 Å². The average Bonchev–Trinajstić information content (AvgIpc) is 2.62. The third-order valence-corrected chi connectivity index (χ3v) is 4.97. The van der Waals surface area contributed by atoms with E-state index in [0.29, 0.717) is 19.0 Å². The highest BCUT2D eigenvalue weighted by atomic mass is 32.2. The van der Waals surface area contributed by atoms with Crippen LogP contribution < -0.4 is 15.4 Å². The summed E-state index contributed by atoms with van der Waals surface area (Å²) in [5.74, 6) is 0.287. The van der Waals surface area contributed by atoms with Gasteiger partial charge in [-0.3, -0.25) is 4.99 Å². The molecule has 0 atom stereocenters. The highest BCUT2D eigenvalue weighted by Crippen LogP contribution is 2.10. The van der Waals surface area contributed by atoms with Gasteiger partial charge in [-0.05, 0) is 42.4 Å². The summed E-state index contributed by atoms with van der Waals surface area (Å²) in [5, 5.41) is 6.22. The van der Waals surface area contributed by atoms with Crippen LogP contribution in [0.2, 0.25) is 0 Å². The Hall–Kier alpha value is -2.45. The van der Waals surface area contributed by atoms with E-state index in [2.05, 4.69) is 20.3 Å². The number of hydrogen-bond donors (Lipinski definition) is 3. The number of halogens is 1. The summed E-state index contributed by atoms with van der Waals surface area (Å²) >= 11 is 0. The number of nitrogens with zero attached hydrogens (tertiary/aromatic N) is 1. The van der Waals surface area contributed by atoms with E-state index in [1.165, 1.54) is 19.2 Å². The molecule has 134 valence electrons. The second kappa shape index (κ2) is 8.59. The lowest BCUT2D eigenvalue weighted by molar-refractivity contribution is 0.588. The minimum atomic E-state index is -3.43. The molecule has 0 spiro atoms. The predicted molar refractivity (Wildman–Crippen MR) is 96.1 cm³/mol. The van der Waals surface area contributed by atoms with Crippen LogP contribution in [0.15, 0.2) is 58.4 Å². The van der Waals surface area contributed by atoms with Crippen molar-refractivity contribution in [1.82, 2.24) is 15.4 Å². The minimum absolute atomic E-state index is 0.215. The van der Waals surface area contributed by atoms with Gasteiger partial charge in [-0.15, -0.1) is 0 Å². The average molecular weight is 364 g/mol. The molecule has 0 radical (unpaired) electrons. The fourth-order valence-corrected chi connectivity index (χ4v) is 2.87. The molecule has 2 rings (SSSR count). The topological polar surface area (TPSA) is 82.6 Å². The van der Waals surface area contributed by atoms with Crippen LogP contribution in [0.5, 0.6) is 0 Å². The molecule has 0 aliphatic heterocycles. The maximum Gasteiger partial charge on any atom is 0.240 e. The van der Waals surface area contributed by atoms with Crippen LogP contribution in [-0.2, 0) is 23.1 Å². The lowest BCUT2D eigenvalue weighted by Gasteiger charge is -2.12. The van der Waals surface area contributed by atoms with E-state index in [1.807, 2.05) is 6.07 Å². The Kier molecular flexibility index (Phi) is 6.49. The molecule has 0 aliphatic carbocycles. The lowest BCUT2D eigenvalue weighted by atomic mass is 10.2. The molecular weight excluding hydrogens is 343 g/mol. The summed E-state index contributed by atoms with van der Waals surface area (Å²) in [7, 11) is -0.414. The molecule has 8 heteroatoms. The number of sulfonamides is 1. The van der Waals surface area contributed by atoms with Gasteiger partial charge in [0.15, 0.2) is 5.96 Å². The van der Waals surface area contributed by atoms with E-state index in [1.54, 1.807) is 37.4 Å². The molecule has 0 amide bonds. The summed E-state index contributed by atoms with van der Waals surface area (Å²) < 4.78 is 38.8. The van der Waals surface area contributed by atoms with Gasteiger partial charge in [0.2, 0.25) is 10.0 Å². The van der Waals surface area contributed by atoms with Crippen LogP contribution in [0, 0.1) is 5.82 Å². The molecule has 0 fully saturated rings. The highest BCUT2D eigenvalue weighted by Gasteiger charge is 2.10. The molecule has 0 saturated heterocycles. The van der Waals surface area contributed by atoms with Crippen LogP contribution in [-0.4, -0.2) is 28.5 Å². The van der Waals surface area contributed by atoms with Gasteiger partial charge in [-0.25, -0.2) is 17.5 Å². The van der Waals surface area contributed by atoms with Gasteiger partial charge in [0.05, 0.1) is 4.90 Å². The van der Waals surface area contributed by atoms with Crippen molar-refractivity contribution in [3.8, 4) is 0 Å². The van der Waals surface area contributed by atoms with Crippen LogP contribution in [0.1, 0.15) is 11.1 Å². The number of nitrogens with one attached hydrogen (secondary N) is 3. The van der Waals surface area contributed by atoms with Gasteiger partial charge in [0, 0.05) is 20.1 Å². The van der Waals surface area contributed by atoms with Crippen molar-refractivity contribution in [2.45, 2.75) is 18.0 Å². The minimum Gasteiger partial charge on any atom is -0.352 e. The van der Waals surface area contributed by atoms with Crippen molar-refractivity contribution in [3.63, 3.8) is 0 Å². The molecule has 0 bridgehead atoms. The zero-order valence-electron chi connectivity index (χ0n) is 14.1. The third-order valence-electron chi connectivity index (χ3n) is 3.53. The van der Waals surface area contributed by atoms with Gasteiger partial charge in [0.25, 0.3) is 0 Å². The van der Waals surface area contributed by atoms with Gasteiger partial charge in [0.1, 0.15) is 5.82 Å². The van der Waals surface area contributed by atoms with E-state index in [-0.39, 0.29) is 10.7 Å². The standard InChI is InChI=1S/C17H21FN4O2S/c1-19-17(22-12-14-4-3-5-15(18)10-14)21-11-13-6-8-16(9-7-13)25(23,24)20-2/h3-10,20H,11-12H2,1-2H3,(H2,19,21,22). The highest BCUT2D eigenvalue weighted by molar-refractivity contribution is 7.89. The predicted octanol–water partition coefficient (Wildman–Crippen LogP) is 1.60. The SMILES string of the molecule is CN=C(NCc1ccc(S(=O)(=O)NC)cc1)NCc1cccc(F)c1. The number of aliphatic imine (C=N–C) groups is 1. The normalized spacial score (nSPS) is 12.0. The van der Waals surface area contributed by atoms with Crippen molar-refractivity contribution in [3.05, 3.63) is 65.5 Å². The smallest absolute Gasteiger partial charge is 0.240 e. The number of guanidine groups is 1. The van der Waals surface area contributed by atoms with Crippen LogP contribution >= 0.6 is 0 Å². The number of benzene rings is 2. The molecule has 2 aromatic rings. The van der Waals surface area contributed by atoms with Gasteiger partial charge >= 0.3 is 0 Å². The second-order valence-electron chi connectivity index (χ2n) is 5.26. The van der Waals surface area contributed by atoms with Gasteiger partial charge in [-0.1, -0.05) is 24.3 Å². The first-order valence-corrected chi connectivity index (χ1v) is 9.14. The van der Waals surface area contributed by atoms with Crippen LogP contribution in [0.4, 0.5) is 4.39 Å². The molecule has 0 aromatic heterocycles. The zero-order chi connectivity index (χ0) is 18.3. The summed E-state index contributed by atoms with van der Waals surface area (Å²) in [6.45, 7) is 0.916. The monoisotopic (exact) mass is 364 g/mol. The first-order chi connectivity index (χ1) is 11.9. The van der Waals surface area contributed by atoms with Crippen LogP contribution in [0.3, 0.4) is 0 Å². The lowest BCUT2D eigenvalue weighted by Crippen LogP contribution is -2.36. The molecule has 0 aliphatic rings. The van der Waals surface area contributed by atoms with E-state index in [9.17, 15) is 12.8 Å². The fourth-order valence-electron chi connectivity index (χ4n) is 2.14. The molecule has 0 saturated carbocycles. The molecule has 0 heterocycles. The molecule has 0 unspecified atom stereocenters. The zero-order valence-corrected chi connectivity index (χ0v) is 14.9. The molecule has 25 heavy (non-hydrogen) atoms. The first kappa shape index (κ1) is 18.9. The summed E-state index contributed by atoms with van der Waals surface area (Å²) in [6, 6.07) is 12.9. The Labute approximate surface area is 147 Å². The van der Waals surface area contributed by atoms with Crippen molar-refractivity contribution >= 4 is 16.0 Å². The van der Waals surface area contributed by atoms with Gasteiger partial charge < -0.3 is 10.6 Å². The Bertz CT molecular complexity index is 836. The van der Waals surface area contributed by atoms with Gasteiger partial charge in [-0.2, -0.15) is 0 Å². The van der Waals surface area contributed by atoms with Crippen molar-refractivity contribution in [2.75, 3.05) is 14.1 Å². The van der Waals surface area contributed by atoms with E-state index < -0.39 is 10.0 Å². The Morgan fingerprint density at radius 2 is 1.68 bits per heavy atom. The molecule has 3 N–H and O–H groups in total. The number of hydrogen-bond acceptors (Lipinski definition) is 3. The number of rotatable bonds is 6. The maximum atomic E-state index is 13.2. The van der Waals surface area contributed by atoms with E-state index >= 15 is 0 Å².